The summed E-state index contributed by atoms with van der Waals surface area (Å²) in [6.07, 6.45) is 58.6. The smallest absolute Gasteiger partial charge is 0.326 e. The number of ether oxygens (including phenoxy) is 1. The molecule has 0 saturated heterocycles. The quantitative estimate of drug-likeness (QED) is 0.0328. The van der Waals surface area contributed by atoms with Crippen LogP contribution in [0.5, 0.6) is 0 Å². The third kappa shape index (κ3) is 38.3. The average molecular weight is 775 g/mol. The lowest BCUT2D eigenvalue weighted by Crippen LogP contribution is -2.40. The van der Waals surface area contributed by atoms with Crippen LogP contribution in [0.15, 0.2) is 109 Å². The third-order valence-electron chi connectivity index (χ3n) is 8.82. The van der Waals surface area contributed by atoms with E-state index >= 15 is 0 Å². The van der Waals surface area contributed by atoms with Crippen molar-refractivity contribution in [3.8, 4) is 0 Å². The van der Waals surface area contributed by atoms with E-state index in [-0.39, 0.29) is 18.0 Å². The van der Waals surface area contributed by atoms with E-state index in [4.69, 9.17) is 10.5 Å². The second-order valence-electron chi connectivity index (χ2n) is 14.0. The summed E-state index contributed by atoms with van der Waals surface area (Å²) in [5.41, 5.74) is 5.48. The normalized spacial score (nSPS) is 13.8. The zero-order chi connectivity index (χ0) is 41.0. The van der Waals surface area contributed by atoms with Crippen molar-refractivity contribution < 1.29 is 24.2 Å². The molecule has 0 aliphatic rings. The number of nitrogens with two attached hydrogens (primary N) is 1. The van der Waals surface area contributed by atoms with E-state index in [9.17, 15) is 19.5 Å². The highest BCUT2D eigenvalue weighted by molar-refractivity contribution is 5.83. The van der Waals surface area contributed by atoms with Gasteiger partial charge in [0.25, 0.3) is 0 Å². The monoisotopic (exact) mass is 775 g/mol. The Labute approximate surface area is 341 Å². The summed E-state index contributed by atoms with van der Waals surface area (Å²) in [6, 6.07) is -0.878. The van der Waals surface area contributed by atoms with Gasteiger partial charge in [0.15, 0.2) is 0 Å². The molecule has 0 heterocycles. The van der Waals surface area contributed by atoms with Crippen LogP contribution in [0.3, 0.4) is 0 Å². The molecule has 1 amide bonds. The SMILES string of the molecule is CC/C=C\C/C=C\C/C=C\C/C=C\C/C=C\C/C=C\CCC(=O)OC(/C=C\C/C=C\C/C=C\CCCCC)CCCCCCCC(=O)NC(CCCN)C(=O)O. The maximum atomic E-state index is 12.7. The molecule has 0 aliphatic heterocycles. The summed E-state index contributed by atoms with van der Waals surface area (Å²) in [6.45, 7) is 4.77. The van der Waals surface area contributed by atoms with Crippen molar-refractivity contribution in [2.75, 3.05) is 6.54 Å². The molecule has 0 aliphatic carbocycles. The van der Waals surface area contributed by atoms with Crippen molar-refractivity contribution in [3.05, 3.63) is 109 Å². The van der Waals surface area contributed by atoms with Gasteiger partial charge in [-0.2, -0.15) is 0 Å². The van der Waals surface area contributed by atoms with Crippen LogP contribution < -0.4 is 11.1 Å². The van der Waals surface area contributed by atoms with Crippen LogP contribution in [0.25, 0.3) is 0 Å². The maximum absolute atomic E-state index is 12.7. The van der Waals surface area contributed by atoms with Crippen molar-refractivity contribution in [2.45, 2.75) is 174 Å². The Balaban J connectivity index is 4.57. The number of carbonyl (C=O) groups is 3. The van der Waals surface area contributed by atoms with Gasteiger partial charge in [-0.25, -0.2) is 4.79 Å². The highest BCUT2D eigenvalue weighted by atomic mass is 16.5. The summed E-state index contributed by atoms with van der Waals surface area (Å²) in [7, 11) is 0. The first-order valence-corrected chi connectivity index (χ1v) is 21.7. The standard InChI is InChI=1S/C49H78N2O5/c1-3-5-7-9-11-13-15-16-17-18-19-20-21-22-24-26-28-33-37-43-48(53)56-45(39-34-30-27-25-23-14-12-10-8-6-4-2)40-35-31-29-32-36-42-47(52)51-46(49(54)55)41-38-44-50/h5,7,11-14,16-17,19-20,22,24-25,27-28,33-34,39,45-46H,3-4,6,8-10,15,18,21,23,26,29-32,35-38,40-44,50H2,1-2H3,(H,51,52)(H,54,55)/b7-5-,13-11-,14-12-,17-16-,20-19-,24-22-,27-25-,33-28-,39-34-. The number of nitrogens with one attached hydrogen (secondary N) is 1. The zero-order valence-electron chi connectivity index (χ0n) is 35.2. The lowest BCUT2D eigenvalue weighted by Gasteiger charge is -2.15. The molecule has 0 aromatic carbocycles. The number of carboxylic acid groups (broad SMARTS) is 1. The van der Waals surface area contributed by atoms with Gasteiger partial charge in [0.1, 0.15) is 12.1 Å². The van der Waals surface area contributed by atoms with Crippen LogP contribution in [0.1, 0.15) is 162 Å². The Morgan fingerprint density at radius 2 is 1.05 bits per heavy atom. The number of allylic oxidation sites excluding steroid dienone is 17. The molecule has 314 valence electrons. The van der Waals surface area contributed by atoms with Gasteiger partial charge in [-0.15, -0.1) is 0 Å². The molecular weight excluding hydrogens is 697 g/mol. The van der Waals surface area contributed by atoms with Gasteiger partial charge in [-0.1, -0.05) is 149 Å². The van der Waals surface area contributed by atoms with Crippen molar-refractivity contribution in [1.29, 1.82) is 0 Å². The Morgan fingerprint density at radius 3 is 1.59 bits per heavy atom. The first-order valence-electron chi connectivity index (χ1n) is 21.7. The molecule has 0 radical (unpaired) electrons. The minimum absolute atomic E-state index is 0.180. The number of rotatable bonds is 37. The Bertz CT molecular complexity index is 1240. The van der Waals surface area contributed by atoms with Gasteiger partial charge >= 0.3 is 11.9 Å². The summed E-state index contributed by atoms with van der Waals surface area (Å²) >= 11 is 0. The second-order valence-corrected chi connectivity index (χ2v) is 14.0. The molecule has 0 bridgehead atoms. The minimum Gasteiger partial charge on any atom is -0.480 e. The Kier molecular flexibility index (Phi) is 39.2. The lowest BCUT2D eigenvalue weighted by atomic mass is 10.1. The molecule has 56 heavy (non-hydrogen) atoms. The number of carbonyl (C=O) groups excluding carboxylic acids is 2. The predicted octanol–water partition coefficient (Wildman–Crippen LogP) is 12.4. The predicted molar refractivity (Wildman–Crippen MR) is 238 cm³/mol. The highest BCUT2D eigenvalue weighted by Gasteiger charge is 2.18. The van der Waals surface area contributed by atoms with Crippen molar-refractivity contribution in [2.24, 2.45) is 5.73 Å². The fraction of sp³-hybridized carbons (Fsp3) is 0.571. The van der Waals surface area contributed by atoms with E-state index in [0.29, 0.717) is 45.1 Å². The number of aliphatic carboxylic acids is 1. The number of hydrogen-bond donors (Lipinski definition) is 3. The van der Waals surface area contributed by atoms with Gasteiger partial charge in [0, 0.05) is 12.8 Å². The number of carboxylic acids is 1. The number of esters is 1. The van der Waals surface area contributed by atoms with E-state index in [0.717, 1.165) is 89.9 Å². The van der Waals surface area contributed by atoms with Gasteiger partial charge in [-0.05, 0) is 115 Å². The molecule has 0 aromatic heterocycles. The van der Waals surface area contributed by atoms with Crippen molar-refractivity contribution in [3.63, 3.8) is 0 Å². The van der Waals surface area contributed by atoms with Crippen LogP contribution in [-0.4, -0.2) is 41.6 Å². The van der Waals surface area contributed by atoms with E-state index in [1.807, 2.05) is 6.08 Å². The molecule has 7 heteroatoms. The van der Waals surface area contributed by atoms with E-state index < -0.39 is 12.0 Å². The first-order chi connectivity index (χ1) is 27.4. The Hall–Kier alpha value is -3.97. The molecule has 0 fully saturated rings. The summed E-state index contributed by atoms with van der Waals surface area (Å²) in [5.74, 6) is -1.43. The fourth-order valence-electron chi connectivity index (χ4n) is 5.58. The molecular formula is C49H78N2O5. The largest absolute Gasteiger partial charge is 0.480 e. The van der Waals surface area contributed by atoms with E-state index in [1.165, 1.54) is 19.3 Å². The number of amides is 1. The Morgan fingerprint density at radius 1 is 0.554 bits per heavy atom. The minimum atomic E-state index is -1.02. The topological polar surface area (TPSA) is 119 Å². The van der Waals surface area contributed by atoms with Crippen LogP contribution in [0, 0.1) is 0 Å². The van der Waals surface area contributed by atoms with E-state index in [1.54, 1.807) is 0 Å². The molecule has 0 saturated carbocycles. The van der Waals surface area contributed by atoms with Gasteiger partial charge in [0.2, 0.25) is 5.91 Å². The number of unbranched alkanes of at least 4 members (excludes halogenated alkanes) is 7. The lowest BCUT2D eigenvalue weighted by molar-refractivity contribution is -0.147. The molecule has 4 N–H and O–H groups in total. The van der Waals surface area contributed by atoms with Crippen molar-refractivity contribution >= 4 is 17.8 Å². The summed E-state index contributed by atoms with van der Waals surface area (Å²) in [4.78, 5) is 36.3. The van der Waals surface area contributed by atoms with E-state index in [2.05, 4.69) is 122 Å². The average Bonchev–Trinajstić information content (AvgIpc) is 3.18. The number of hydrogen-bond acceptors (Lipinski definition) is 5. The molecule has 7 nitrogen and oxygen atoms in total. The highest BCUT2D eigenvalue weighted by Crippen LogP contribution is 2.14. The molecule has 0 aromatic rings. The molecule has 0 spiro atoms. The molecule has 2 unspecified atom stereocenters. The fourth-order valence-corrected chi connectivity index (χ4v) is 5.58. The van der Waals surface area contributed by atoms with Crippen LogP contribution >= 0.6 is 0 Å². The summed E-state index contributed by atoms with van der Waals surface area (Å²) in [5, 5.41) is 11.9. The van der Waals surface area contributed by atoms with Crippen LogP contribution in [-0.2, 0) is 19.1 Å². The molecule has 2 atom stereocenters. The van der Waals surface area contributed by atoms with Crippen LogP contribution in [0.2, 0.25) is 0 Å². The van der Waals surface area contributed by atoms with Gasteiger partial charge < -0.3 is 20.9 Å². The van der Waals surface area contributed by atoms with Crippen molar-refractivity contribution in [1.82, 2.24) is 5.32 Å². The second kappa shape index (κ2) is 42.2. The van der Waals surface area contributed by atoms with Gasteiger partial charge in [0.05, 0.1) is 0 Å². The van der Waals surface area contributed by atoms with Crippen LogP contribution in [0.4, 0.5) is 0 Å². The zero-order valence-corrected chi connectivity index (χ0v) is 35.2. The first kappa shape index (κ1) is 52.0. The third-order valence-corrected chi connectivity index (χ3v) is 8.82. The van der Waals surface area contributed by atoms with Gasteiger partial charge in [-0.3, -0.25) is 9.59 Å². The summed E-state index contributed by atoms with van der Waals surface area (Å²) < 4.78 is 5.89. The molecule has 0 rings (SSSR count). The maximum Gasteiger partial charge on any atom is 0.326 e.